The lowest BCUT2D eigenvalue weighted by Gasteiger charge is -2.13. The second kappa shape index (κ2) is 3.74. The van der Waals surface area contributed by atoms with E-state index in [-0.39, 0.29) is 0 Å². The minimum absolute atomic E-state index is 0.540. The molecular formula is C8H16N2. The van der Waals surface area contributed by atoms with Gasteiger partial charge in [-0.3, -0.25) is 0 Å². The van der Waals surface area contributed by atoms with Crippen molar-refractivity contribution in [3.8, 4) is 0 Å². The van der Waals surface area contributed by atoms with E-state index in [1.165, 1.54) is 12.8 Å². The van der Waals surface area contributed by atoms with Gasteiger partial charge in [-0.15, -0.1) is 6.58 Å². The Bertz CT molecular complexity index is 108. The number of rotatable bonds is 5. The summed E-state index contributed by atoms with van der Waals surface area (Å²) in [4.78, 5) is 0. The SMILES string of the molecule is C=CCNC(CN)C1CC1. The van der Waals surface area contributed by atoms with E-state index in [4.69, 9.17) is 5.73 Å². The lowest BCUT2D eigenvalue weighted by molar-refractivity contribution is 0.494. The van der Waals surface area contributed by atoms with Gasteiger partial charge in [-0.25, -0.2) is 0 Å². The summed E-state index contributed by atoms with van der Waals surface area (Å²) in [7, 11) is 0. The molecule has 0 aromatic carbocycles. The van der Waals surface area contributed by atoms with Crippen molar-refractivity contribution in [3.63, 3.8) is 0 Å². The van der Waals surface area contributed by atoms with Gasteiger partial charge >= 0.3 is 0 Å². The molecule has 1 aliphatic carbocycles. The average Bonchev–Trinajstić information content (AvgIpc) is 2.73. The fourth-order valence-corrected chi connectivity index (χ4v) is 1.18. The number of hydrogen-bond acceptors (Lipinski definition) is 2. The Morgan fingerprint density at radius 1 is 1.70 bits per heavy atom. The molecular weight excluding hydrogens is 124 g/mol. The highest BCUT2D eigenvalue weighted by molar-refractivity contribution is 4.88. The zero-order valence-electron chi connectivity index (χ0n) is 6.34. The van der Waals surface area contributed by atoms with E-state index in [1.54, 1.807) is 0 Å². The molecule has 0 saturated heterocycles. The van der Waals surface area contributed by atoms with E-state index in [0.29, 0.717) is 6.04 Å². The van der Waals surface area contributed by atoms with Crippen LogP contribution >= 0.6 is 0 Å². The number of hydrogen-bond donors (Lipinski definition) is 2. The number of nitrogens with one attached hydrogen (secondary N) is 1. The van der Waals surface area contributed by atoms with E-state index >= 15 is 0 Å². The van der Waals surface area contributed by atoms with Crippen LogP contribution in [0.25, 0.3) is 0 Å². The highest BCUT2D eigenvalue weighted by atomic mass is 14.9. The van der Waals surface area contributed by atoms with Crippen LogP contribution in [0.15, 0.2) is 12.7 Å². The fraction of sp³-hybridized carbons (Fsp3) is 0.750. The molecule has 10 heavy (non-hydrogen) atoms. The highest BCUT2D eigenvalue weighted by Crippen LogP contribution is 2.31. The third-order valence-corrected chi connectivity index (χ3v) is 1.97. The largest absolute Gasteiger partial charge is 0.329 e. The smallest absolute Gasteiger partial charge is 0.0221 e. The van der Waals surface area contributed by atoms with Gasteiger partial charge in [0.1, 0.15) is 0 Å². The van der Waals surface area contributed by atoms with Gasteiger partial charge in [-0.1, -0.05) is 6.08 Å². The van der Waals surface area contributed by atoms with E-state index in [9.17, 15) is 0 Å². The van der Waals surface area contributed by atoms with Crippen molar-refractivity contribution < 1.29 is 0 Å². The van der Waals surface area contributed by atoms with Gasteiger partial charge in [0.2, 0.25) is 0 Å². The maximum atomic E-state index is 5.56. The second-order valence-electron chi connectivity index (χ2n) is 2.88. The van der Waals surface area contributed by atoms with E-state index in [1.807, 2.05) is 6.08 Å². The van der Waals surface area contributed by atoms with Crippen molar-refractivity contribution in [2.45, 2.75) is 18.9 Å². The van der Waals surface area contributed by atoms with Crippen LogP contribution in [0, 0.1) is 5.92 Å². The summed E-state index contributed by atoms with van der Waals surface area (Å²) in [6.45, 7) is 5.29. The van der Waals surface area contributed by atoms with Gasteiger partial charge in [-0.2, -0.15) is 0 Å². The summed E-state index contributed by atoms with van der Waals surface area (Å²) in [5, 5.41) is 3.34. The van der Waals surface area contributed by atoms with Crippen LogP contribution in [0.5, 0.6) is 0 Å². The summed E-state index contributed by atoms with van der Waals surface area (Å²) in [5.74, 6) is 0.852. The Kier molecular flexibility index (Phi) is 2.90. The maximum Gasteiger partial charge on any atom is 0.0221 e. The molecule has 0 radical (unpaired) electrons. The molecule has 1 saturated carbocycles. The van der Waals surface area contributed by atoms with Gasteiger partial charge in [0.25, 0.3) is 0 Å². The van der Waals surface area contributed by atoms with Gasteiger partial charge in [-0.05, 0) is 18.8 Å². The summed E-state index contributed by atoms with van der Waals surface area (Å²) >= 11 is 0. The van der Waals surface area contributed by atoms with E-state index in [0.717, 1.165) is 19.0 Å². The average molecular weight is 140 g/mol. The molecule has 0 amide bonds. The third-order valence-electron chi connectivity index (χ3n) is 1.97. The Hall–Kier alpha value is -0.340. The first-order valence-electron chi connectivity index (χ1n) is 3.93. The van der Waals surface area contributed by atoms with Crippen molar-refractivity contribution >= 4 is 0 Å². The molecule has 0 spiro atoms. The molecule has 0 aliphatic heterocycles. The summed E-state index contributed by atoms with van der Waals surface area (Å²) in [5.41, 5.74) is 5.56. The van der Waals surface area contributed by atoms with Crippen LogP contribution < -0.4 is 11.1 Å². The van der Waals surface area contributed by atoms with Gasteiger partial charge < -0.3 is 11.1 Å². The van der Waals surface area contributed by atoms with E-state index < -0.39 is 0 Å². The monoisotopic (exact) mass is 140 g/mol. The Morgan fingerprint density at radius 2 is 2.40 bits per heavy atom. The Balaban J connectivity index is 2.12. The minimum atomic E-state index is 0.540. The topological polar surface area (TPSA) is 38.0 Å². The first kappa shape index (κ1) is 7.76. The first-order valence-corrected chi connectivity index (χ1v) is 3.93. The molecule has 58 valence electrons. The first-order chi connectivity index (χ1) is 4.88. The van der Waals surface area contributed by atoms with Crippen molar-refractivity contribution in [2.24, 2.45) is 11.7 Å². The van der Waals surface area contributed by atoms with Crippen molar-refractivity contribution in [1.29, 1.82) is 0 Å². The Labute approximate surface area is 62.5 Å². The molecule has 0 aromatic rings. The van der Waals surface area contributed by atoms with Crippen LogP contribution in [0.2, 0.25) is 0 Å². The summed E-state index contributed by atoms with van der Waals surface area (Å²) in [6.07, 6.45) is 4.59. The lowest BCUT2D eigenvalue weighted by Crippen LogP contribution is -2.37. The van der Waals surface area contributed by atoms with E-state index in [2.05, 4.69) is 11.9 Å². The predicted octanol–water partition coefficient (Wildman–Crippen LogP) is 0.499. The molecule has 2 heteroatoms. The molecule has 0 heterocycles. The third kappa shape index (κ3) is 2.12. The van der Waals surface area contributed by atoms with Crippen LogP contribution in [-0.2, 0) is 0 Å². The molecule has 0 bridgehead atoms. The lowest BCUT2D eigenvalue weighted by atomic mass is 10.2. The zero-order chi connectivity index (χ0) is 7.40. The molecule has 2 nitrogen and oxygen atoms in total. The standard InChI is InChI=1S/C8H16N2/c1-2-5-10-8(6-9)7-3-4-7/h2,7-8,10H,1,3-6,9H2. The van der Waals surface area contributed by atoms with Crippen molar-refractivity contribution in [2.75, 3.05) is 13.1 Å². The van der Waals surface area contributed by atoms with Crippen LogP contribution in [0.3, 0.4) is 0 Å². The molecule has 0 aromatic heterocycles. The van der Waals surface area contributed by atoms with Crippen LogP contribution in [0.1, 0.15) is 12.8 Å². The Morgan fingerprint density at radius 3 is 2.80 bits per heavy atom. The molecule has 3 N–H and O–H groups in total. The summed E-state index contributed by atoms with van der Waals surface area (Å²) < 4.78 is 0. The van der Waals surface area contributed by atoms with Gasteiger partial charge in [0.15, 0.2) is 0 Å². The quantitative estimate of drug-likeness (QED) is 0.546. The van der Waals surface area contributed by atoms with Crippen LogP contribution in [-0.4, -0.2) is 19.1 Å². The summed E-state index contributed by atoms with van der Waals surface area (Å²) in [6, 6.07) is 0.540. The molecule has 1 aliphatic rings. The van der Waals surface area contributed by atoms with Gasteiger partial charge in [0.05, 0.1) is 0 Å². The fourth-order valence-electron chi connectivity index (χ4n) is 1.18. The van der Waals surface area contributed by atoms with Crippen molar-refractivity contribution in [3.05, 3.63) is 12.7 Å². The van der Waals surface area contributed by atoms with Gasteiger partial charge in [0, 0.05) is 19.1 Å². The van der Waals surface area contributed by atoms with Crippen molar-refractivity contribution in [1.82, 2.24) is 5.32 Å². The maximum absolute atomic E-state index is 5.56. The zero-order valence-corrected chi connectivity index (χ0v) is 6.34. The molecule has 1 rings (SSSR count). The molecule has 1 unspecified atom stereocenters. The number of nitrogens with two attached hydrogens (primary N) is 1. The normalized spacial score (nSPS) is 20.5. The second-order valence-corrected chi connectivity index (χ2v) is 2.88. The highest BCUT2D eigenvalue weighted by Gasteiger charge is 2.29. The molecule has 1 atom stereocenters. The predicted molar refractivity (Wildman–Crippen MR) is 43.8 cm³/mol. The van der Waals surface area contributed by atoms with Crippen LogP contribution in [0.4, 0.5) is 0 Å². The molecule has 1 fully saturated rings. The minimum Gasteiger partial charge on any atom is -0.329 e.